The number of esters is 1. The van der Waals surface area contributed by atoms with Gasteiger partial charge in [0.05, 0.1) is 7.11 Å². The summed E-state index contributed by atoms with van der Waals surface area (Å²) >= 11 is 0. The Balaban J connectivity index is 1.66. The molecule has 1 aliphatic rings. The fourth-order valence-electron chi connectivity index (χ4n) is 3.67. The second kappa shape index (κ2) is 8.91. The van der Waals surface area contributed by atoms with E-state index in [1.54, 1.807) is 0 Å². The minimum atomic E-state index is -0.692. The predicted molar refractivity (Wildman–Crippen MR) is 108 cm³/mol. The first-order valence-electron chi connectivity index (χ1n) is 9.70. The van der Waals surface area contributed by atoms with Crippen molar-refractivity contribution in [2.75, 3.05) is 13.7 Å². The molecule has 1 aliphatic carbocycles. The van der Waals surface area contributed by atoms with Gasteiger partial charge in [-0.3, -0.25) is 0 Å². The predicted octanol–water partition coefficient (Wildman–Crippen LogP) is 4.50. The summed E-state index contributed by atoms with van der Waals surface area (Å²) in [6, 6.07) is 15.7. The molecule has 148 valence electrons. The zero-order valence-electron chi connectivity index (χ0n) is 16.6. The number of rotatable bonds is 7. The highest BCUT2D eigenvalue weighted by Gasteiger charge is 2.29. The van der Waals surface area contributed by atoms with Crippen LogP contribution in [-0.4, -0.2) is 31.8 Å². The summed E-state index contributed by atoms with van der Waals surface area (Å²) in [5.41, 5.74) is 4.66. The highest BCUT2D eigenvalue weighted by molar-refractivity contribution is 5.82. The van der Waals surface area contributed by atoms with Gasteiger partial charge in [-0.25, -0.2) is 9.59 Å². The van der Waals surface area contributed by atoms with Crippen LogP contribution in [0.2, 0.25) is 0 Å². The summed E-state index contributed by atoms with van der Waals surface area (Å²) in [7, 11) is 1.32. The summed E-state index contributed by atoms with van der Waals surface area (Å²) in [5, 5.41) is 2.66. The van der Waals surface area contributed by atoms with Gasteiger partial charge in [-0.05, 0) is 41.0 Å². The molecule has 0 bridgehead atoms. The number of amides is 1. The van der Waals surface area contributed by atoms with Gasteiger partial charge in [0.1, 0.15) is 12.6 Å². The number of hydrogen-bond donors (Lipinski definition) is 1. The van der Waals surface area contributed by atoms with Crippen LogP contribution in [0.3, 0.4) is 0 Å². The van der Waals surface area contributed by atoms with E-state index < -0.39 is 18.1 Å². The summed E-state index contributed by atoms with van der Waals surface area (Å²) in [5.74, 6) is -0.0315. The number of carbonyl (C=O) groups is 2. The second-order valence-electron chi connectivity index (χ2n) is 7.52. The van der Waals surface area contributed by atoms with Crippen LogP contribution in [0, 0.1) is 5.92 Å². The van der Waals surface area contributed by atoms with Gasteiger partial charge in [-0.15, -0.1) is 0 Å². The van der Waals surface area contributed by atoms with E-state index in [4.69, 9.17) is 9.47 Å². The number of nitrogens with one attached hydrogen (secondary N) is 1. The number of benzene rings is 2. The molecule has 2 aromatic carbocycles. The lowest BCUT2D eigenvalue weighted by molar-refractivity contribution is -0.143. The maximum absolute atomic E-state index is 12.4. The molecular formula is C23H27NO4. The largest absolute Gasteiger partial charge is 0.467 e. The van der Waals surface area contributed by atoms with Gasteiger partial charge in [0.25, 0.3) is 0 Å². The third kappa shape index (κ3) is 4.35. The van der Waals surface area contributed by atoms with Crippen LogP contribution in [0.5, 0.6) is 0 Å². The fourth-order valence-corrected chi connectivity index (χ4v) is 3.67. The Kier molecular flexibility index (Phi) is 6.34. The molecule has 0 spiro atoms. The van der Waals surface area contributed by atoms with Crippen LogP contribution in [-0.2, 0) is 14.3 Å². The summed E-state index contributed by atoms with van der Waals surface area (Å²) in [6.07, 6.45) is 0.735. The van der Waals surface area contributed by atoms with Crippen molar-refractivity contribution in [1.82, 2.24) is 5.32 Å². The maximum atomic E-state index is 12.4. The quantitative estimate of drug-likeness (QED) is 0.717. The van der Waals surface area contributed by atoms with E-state index in [1.807, 2.05) is 24.3 Å². The molecule has 0 radical (unpaired) electrons. The lowest BCUT2D eigenvalue weighted by atomic mass is 9.98. The van der Waals surface area contributed by atoms with Gasteiger partial charge in [0.2, 0.25) is 0 Å². The summed E-state index contributed by atoms with van der Waals surface area (Å²) in [4.78, 5) is 24.3. The molecule has 1 amide bonds. The van der Waals surface area contributed by atoms with Crippen LogP contribution < -0.4 is 5.32 Å². The van der Waals surface area contributed by atoms with Gasteiger partial charge in [0, 0.05) is 5.92 Å². The zero-order valence-corrected chi connectivity index (χ0v) is 16.6. The van der Waals surface area contributed by atoms with E-state index >= 15 is 0 Å². The molecule has 0 aliphatic heterocycles. The summed E-state index contributed by atoms with van der Waals surface area (Å²) < 4.78 is 10.3. The maximum Gasteiger partial charge on any atom is 0.407 e. The first kappa shape index (κ1) is 19.9. The highest BCUT2D eigenvalue weighted by Crippen LogP contribution is 2.44. The SMILES string of the molecule is COC(=O)C(CCC(C)C)NC(=O)OCC1c2ccccc2-c2ccccc21. The smallest absolute Gasteiger partial charge is 0.407 e. The molecule has 0 heterocycles. The lowest BCUT2D eigenvalue weighted by Gasteiger charge is -2.19. The van der Waals surface area contributed by atoms with Crippen LogP contribution in [0.1, 0.15) is 43.7 Å². The zero-order chi connectivity index (χ0) is 20.1. The van der Waals surface area contributed by atoms with Crippen LogP contribution in [0.25, 0.3) is 11.1 Å². The van der Waals surface area contributed by atoms with Crippen LogP contribution >= 0.6 is 0 Å². The van der Waals surface area contributed by atoms with Gasteiger partial charge in [0.15, 0.2) is 0 Å². The topological polar surface area (TPSA) is 64.6 Å². The van der Waals surface area contributed by atoms with E-state index in [1.165, 1.54) is 18.2 Å². The van der Waals surface area contributed by atoms with Crippen molar-refractivity contribution in [3.63, 3.8) is 0 Å². The monoisotopic (exact) mass is 381 g/mol. The Morgan fingerprint density at radius 2 is 1.54 bits per heavy atom. The minimum absolute atomic E-state index is 0.00890. The highest BCUT2D eigenvalue weighted by atomic mass is 16.6. The van der Waals surface area contributed by atoms with Gasteiger partial charge >= 0.3 is 12.1 Å². The van der Waals surface area contributed by atoms with Crippen LogP contribution in [0.15, 0.2) is 48.5 Å². The number of fused-ring (bicyclic) bond motifs is 3. The standard InChI is InChI=1S/C23H27NO4/c1-15(2)12-13-21(22(25)27-3)24-23(26)28-14-20-18-10-6-4-8-16(18)17-9-5-7-11-19(17)20/h4-11,15,20-21H,12-14H2,1-3H3,(H,24,26). The second-order valence-corrected chi connectivity index (χ2v) is 7.52. The van der Waals surface area contributed by atoms with Crippen molar-refractivity contribution in [3.8, 4) is 11.1 Å². The van der Waals surface area contributed by atoms with Crippen molar-refractivity contribution in [2.45, 2.75) is 38.6 Å². The van der Waals surface area contributed by atoms with E-state index in [0.717, 1.165) is 17.5 Å². The number of alkyl carbamates (subject to hydrolysis) is 1. The molecule has 5 heteroatoms. The Hall–Kier alpha value is -2.82. The molecule has 28 heavy (non-hydrogen) atoms. The van der Waals surface area contributed by atoms with Crippen molar-refractivity contribution >= 4 is 12.1 Å². The molecule has 3 rings (SSSR count). The molecule has 1 unspecified atom stereocenters. The van der Waals surface area contributed by atoms with E-state index in [9.17, 15) is 9.59 Å². The Bertz CT molecular complexity index is 801. The molecule has 0 saturated heterocycles. The minimum Gasteiger partial charge on any atom is -0.467 e. The third-order valence-electron chi connectivity index (χ3n) is 5.15. The third-order valence-corrected chi connectivity index (χ3v) is 5.15. The van der Waals surface area contributed by atoms with E-state index in [2.05, 4.69) is 43.4 Å². The molecule has 0 saturated carbocycles. The normalized spacial score (nSPS) is 13.6. The van der Waals surface area contributed by atoms with E-state index in [0.29, 0.717) is 12.3 Å². The average Bonchev–Trinajstić information content (AvgIpc) is 3.02. The van der Waals surface area contributed by atoms with Gasteiger partial charge < -0.3 is 14.8 Å². The number of carbonyl (C=O) groups excluding carboxylic acids is 2. The molecule has 5 nitrogen and oxygen atoms in total. The summed E-state index contributed by atoms with van der Waals surface area (Å²) in [6.45, 7) is 4.36. The Morgan fingerprint density at radius 3 is 2.07 bits per heavy atom. The number of ether oxygens (including phenoxy) is 2. The Morgan fingerprint density at radius 1 is 0.964 bits per heavy atom. The van der Waals surface area contributed by atoms with Crippen molar-refractivity contribution < 1.29 is 19.1 Å². The molecule has 1 N–H and O–H groups in total. The van der Waals surface area contributed by atoms with Crippen LogP contribution in [0.4, 0.5) is 4.79 Å². The molecule has 0 fully saturated rings. The first-order chi connectivity index (χ1) is 13.5. The Labute approximate surface area is 166 Å². The van der Waals surface area contributed by atoms with E-state index in [-0.39, 0.29) is 12.5 Å². The van der Waals surface area contributed by atoms with Gasteiger partial charge in [-0.1, -0.05) is 62.4 Å². The van der Waals surface area contributed by atoms with Crippen molar-refractivity contribution in [3.05, 3.63) is 59.7 Å². The molecular weight excluding hydrogens is 354 g/mol. The van der Waals surface area contributed by atoms with Crippen molar-refractivity contribution in [1.29, 1.82) is 0 Å². The van der Waals surface area contributed by atoms with Gasteiger partial charge in [-0.2, -0.15) is 0 Å². The molecule has 0 aromatic heterocycles. The molecule has 2 aromatic rings. The first-order valence-corrected chi connectivity index (χ1v) is 9.70. The van der Waals surface area contributed by atoms with Crippen molar-refractivity contribution in [2.24, 2.45) is 5.92 Å². The number of methoxy groups -OCH3 is 1. The molecule has 1 atom stereocenters. The fraction of sp³-hybridized carbons (Fsp3) is 0.391. The number of hydrogen-bond acceptors (Lipinski definition) is 4. The lowest BCUT2D eigenvalue weighted by Crippen LogP contribution is -2.42. The average molecular weight is 381 g/mol.